The van der Waals surface area contributed by atoms with Crippen molar-refractivity contribution in [1.29, 1.82) is 0 Å². The molecule has 0 heterocycles. The lowest BCUT2D eigenvalue weighted by Crippen LogP contribution is -1.95. The number of carboxylic acids is 1. The van der Waals surface area contributed by atoms with Crippen LogP contribution in [0.5, 0.6) is 0 Å². The third-order valence-corrected chi connectivity index (χ3v) is 0.720. The molecular formula is C6H8O3. The van der Waals surface area contributed by atoms with Crippen LogP contribution in [-0.4, -0.2) is 16.2 Å². The van der Waals surface area contributed by atoms with E-state index in [1.165, 1.54) is 6.92 Å². The zero-order valence-corrected chi connectivity index (χ0v) is 5.09. The Labute approximate surface area is 52.9 Å². The molecule has 2 N–H and O–H groups in total. The molecule has 0 aliphatic heterocycles. The van der Waals surface area contributed by atoms with Crippen molar-refractivity contribution >= 4 is 5.97 Å². The van der Waals surface area contributed by atoms with Crippen LogP contribution in [0.15, 0.2) is 24.0 Å². The Morgan fingerprint density at radius 3 is 2.11 bits per heavy atom. The topological polar surface area (TPSA) is 57.5 Å². The van der Waals surface area contributed by atoms with Crippen molar-refractivity contribution in [2.24, 2.45) is 0 Å². The summed E-state index contributed by atoms with van der Waals surface area (Å²) in [6.07, 6.45) is 1.09. The molecule has 9 heavy (non-hydrogen) atoms. The van der Waals surface area contributed by atoms with Crippen LogP contribution in [0.2, 0.25) is 0 Å². The number of hydrogen-bond acceptors (Lipinski definition) is 2. The van der Waals surface area contributed by atoms with Gasteiger partial charge in [0.15, 0.2) is 0 Å². The van der Waals surface area contributed by atoms with Crippen LogP contribution in [0.4, 0.5) is 0 Å². The molecule has 0 unspecified atom stereocenters. The van der Waals surface area contributed by atoms with Crippen molar-refractivity contribution in [2.45, 2.75) is 6.92 Å². The van der Waals surface area contributed by atoms with Gasteiger partial charge in [-0.3, -0.25) is 0 Å². The first-order chi connectivity index (χ1) is 4.04. The molecule has 3 nitrogen and oxygen atoms in total. The Morgan fingerprint density at radius 1 is 1.56 bits per heavy atom. The SMILES string of the molecule is C=C(O)C=C(C)C(=O)O. The average molecular weight is 128 g/mol. The van der Waals surface area contributed by atoms with E-state index in [9.17, 15) is 4.79 Å². The van der Waals surface area contributed by atoms with Crippen LogP contribution < -0.4 is 0 Å². The monoisotopic (exact) mass is 128 g/mol. The molecule has 0 atom stereocenters. The molecule has 0 aromatic carbocycles. The predicted octanol–water partition coefficient (Wildman–Crippen LogP) is 1.09. The maximum absolute atomic E-state index is 10.0. The molecule has 0 amide bonds. The average Bonchev–Trinajstić information content (AvgIpc) is 1.63. The number of allylic oxidation sites excluding steroid dienone is 1. The van der Waals surface area contributed by atoms with Crippen LogP contribution in [0.3, 0.4) is 0 Å². The second kappa shape index (κ2) is 2.91. The Balaban J connectivity index is 4.17. The number of hydrogen-bond donors (Lipinski definition) is 2. The standard InChI is InChI=1S/C6H8O3/c1-4(6(8)9)3-5(2)7/h3,7H,2H2,1H3,(H,8,9). The molecule has 0 bridgehead atoms. The third-order valence-electron chi connectivity index (χ3n) is 0.720. The fourth-order valence-corrected chi connectivity index (χ4v) is 0.312. The van der Waals surface area contributed by atoms with Gasteiger partial charge in [0.1, 0.15) is 5.76 Å². The molecule has 0 aliphatic carbocycles. The van der Waals surface area contributed by atoms with E-state index in [0.717, 1.165) is 6.08 Å². The van der Waals surface area contributed by atoms with Gasteiger partial charge in [-0.25, -0.2) is 4.79 Å². The molecule has 0 aromatic rings. The summed E-state index contributed by atoms with van der Waals surface area (Å²) in [7, 11) is 0. The van der Waals surface area contributed by atoms with E-state index >= 15 is 0 Å². The van der Waals surface area contributed by atoms with Gasteiger partial charge in [0.25, 0.3) is 0 Å². The molecule has 0 aromatic heterocycles. The van der Waals surface area contributed by atoms with E-state index in [1.807, 2.05) is 0 Å². The van der Waals surface area contributed by atoms with Crippen molar-refractivity contribution in [1.82, 2.24) is 0 Å². The Bertz CT molecular complexity index is 167. The smallest absolute Gasteiger partial charge is 0.331 e. The largest absolute Gasteiger partial charge is 0.509 e. The molecule has 0 spiro atoms. The number of aliphatic hydroxyl groups excluding tert-OH is 1. The second-order valence-electron chi connectivity index (χ2n) is 1.62. The van der Waals surface area contributed by atoms with E-state index in [4.69, 9.17) is 10.2 Å². The van der Waals surface area contributed by atoms with Gasteiger partial charge in [-0.1, -0.05) is 6.58 Å². The summed E-state index contributed by atoms with van der Waals surface area (Å²) in [4.78, 5) is 10.0. The van der Waals surface area contributed by atoms with Crippen molar-refractivity contribution in [3.63, 3.8) is 0 Å². The van der Waals surface area contributed by atoms with Gasteiger partial charge in [-0.2, -0.15) is 0 Å². The normalized spacial score (nSPS) is 11.0. The van der Waals surface area contributed by atoms with Crippen molar-refractivity contribution in [3.05, 3.63) is 24.0 Å². The molecule has 0 saturated heterocycles. The molecule has 50 valence electrons. The Hall–Kier alpha value is -1.25. The van der Waals surface area contributed by atoms with Gasteiger partial charge in [-0.15, -0.1) is 0 Å². The highest BCUT2D eigenvalue weighted by molar-refractivity contribution is 5.86. The highest BCUT2D eigenvalue weighted by Crippen LogP contribution is 1.95. The van der Waals surface area contributed by atoms with Crippen LogP contribution >= 0.6 is 0 Å². The number of aliphatic carboxylic acids is 1. The molecule has 0 saturated carbocycles. The molecule has 3 heteroatoms. The summed E-state index contributed by atoms with van der Waals surface area (Å²) in [6.45, 7) is 4.47. The molecule has 0 radical (unpaired) electrons. The van der Waals surface area contributed by atoms with Crippen LogP contribution in [0.1, 0.15) is 6.92 Å². The highest BCUT2D eigenvalue weighted by Gasteiger charge is 1.97. The minimum absolute atomic E-state index is 0.0718. The van der Waals surface area contributed by atoms with Gasteiger partial charge in [0, 0.05) is 5.57 Å². The van der Waals surface area contributed by atoms with E-state index in [0.29, 0.717) is 0 Å². The first-order valence-corrected chi connectivity index (χ1v) is 2.33. The summed E-state index contributed by atoms with van der Waals surface area (Å²) in [6, 6.07) is 0. The number of rotatable bonds is 2. The quantitative estimate of drug-likeness (QED) is 0.332. The Kier molecular flexibility index (Phi) is 2.51. The summed E-state index contributed by atoms with van der Waals surface area (Å²) in [5.74, 6) is -1.29. The van der Waals surface area contributed by atoms with E-state index in [1.54, 1.807) is 0 Å². The molecular weight excluding hydrogens is 120 g/mol. The van der Waals surface area contributed by atoms with Crippen LogP contribution in [0.25, 0.3) is 0 Å². The van der Waals surface area contributed by atoms with Gasteiger partial charge in [-0.05, 0) is 13.0 Å². The lowest BCUT2D eigenvalue weighted by Gasteiger charge is -1.89. The lowest BCUT2D eigenvalue weighted by molar-refractivity contribution is -0.132. The number of carbonyl (C=O) groups is 1. The van der Waals surface area contributed by atoms with Crippen molar-refractivity contribution in [2.75, 3.05) is 0 Å². The summed E-state index contributed by atoms with van der Waals surface area (Å²) >= 11 is 0. The fraction of sp³-hybridized carbons (Fsp3) is 0.167. The maximum atomic E-state index is 10.0. The summed E-state index contributed by atoms with van der Waals surface area (Å²) < 4.78 is 0. The van der Waals surface area contributed by atoms with E-state index in [-0.39, 0.29) is 11.3 Å². The summed E-state index contributed by atoms with van der Waals surface area (Å²) in [5, 5.41) is 16.6. The minimum atomic E-state index is -1.05. The number of carboxylic acid groups (broad SMARTS) is 1. The Morgan fingerprint density at radius 2 is 2.00 bits per heavy atom. The van der Waals surface area contributed by atoms with Crippen molar-refractivity contribution in [3.8, 4) is 0 Å². The molecule has 0 fully saturated rings. The second-order valence-corrected chi connectivity index (χ2v) is 1.62. The van der Waals surface area contributed by atoms with Gasteiger partial charge < -0.3 is 10.2 Å². The van der Waals surface area contributed by atoms with Crippen molar-refractivity contribution < 1.29 is 15.0 Å². The van der Waals surface area contributed by atoms with Gasteiger partial charge in [0.2, 0.25) is 0 Å². The van der Waals surface area contributed by atoms with Crippen LogP contribution in [-0.2, 0) is 4.79 Å². The summed E-state index contributed by atoms with van der Waals surface area (Å²) in [5.41, 5.74) is 0.0718. The molecule has 0 rings (SSSR count). The third kappa shape index (κ3) is 3.34. The van der Waals surface area contributed by atoms with Gasteiger partial charge in [0.05, 0.1) is 0 Å². The lowest BCUT2D eigenvalue weighted by atomic mass is 10.3. The van der Waals surface area contributed by atoms with E-state index in [2.05, 4.69) is 6.58 Å². The zero-order valence-electron chi connectivity index (χ0n) is 5.09. The zero-order chi connectivity index (χ0) is 7.44. The van der Waals surface area contributed by atoms with E-state index < -0.39 is 5.97 Å². The first kappa shape index (κ1) is 7.75. The van der Waals surface area contributed by atoms with Crippen LogP contribution in [0, 0.1) is 0 Å². The first-order valence-electron chi connectivity index (χ1n) is 2.33. The maximum Gasteiger partial charge on any atom is 0.331 e. The predicted molar refractivity (Wildman–Crippen MR) is 33.2 cm³/mol. The molecule has 0 aliphatic rings. The highest BCUT2D eigenvalue weighted by atomic mass is 16.4. The minimum Gasteiger partial charge on any atom is -0.509 e. The fourth-order valence-electron chi connectivity index (χ4n) is 0.312. The van der Waals surface area contributed by atoms with Gasteiger partial charge >= 0.3 is 5.97 Å². The number of aliphatic hydroxyl groups is 1.